The van der Waals surface area contributed by atoms with Crippen LogP contribution in [0.15, 0.2) is 42.7 Å². The number of carbonyl (C=O) groups excluding carboxylic acids is 2. The van der Waals surface area contributed by atoms with Gasteiger partial charge in [-0.2, -0.15) is 5.10 Å². The Morgan fingerprint density at radius 2 is 1.90 bits per heavy atom. The number of nitrogens with zero attached hydrogens (tertiary/aromatic N) is 5. The monoisotopic (exact) mass is 579 g/mol. The highest BCUT2D eigenvalue weighted by atomic mass is 19.1. The highest BCUT2D eigenvalue weighted by molar-refractivity contribution is 5.86. The Hall–Kier alpha value is -4.32. The number of hydrogen-bond donors (Lipinski definition) is 0. The SMILES string of the molecule is CCOC(=O)C1(c2ccn(-c3cc(F)c(-c4nc5cc(C)ccn5c4C[C@H]4CN(C(=O)OC)CCO4)c(F)c3)n2)CC1. The average molecular weight is 580 g/mol. The molecule has 0 N–H and O–H groups in total. The van der Waals surface area contributed by atoms with E-state index in [1.807, 2.05) is 25.3 Å². The van der Waals surface area contributed by atoms with Crippen LogP contribution in [0.4, 0.5) is 13.6 Å². The maximum absolute atomic E-state index is 15.8. The van der Waals surface area contributed by atoms with Gasteiger partial charge in [0.15, 0.2) is 0 Å². The fraction of sp³-hybridized carbons (Fsp3) is 0.400. The molecule has 4 heterocycles. The van der Waals surface area contributed by atoms with Crippen LogP contribution in [-0.4, -0.2) is 75.6 Å². The summed E-state index contributed by atoms with van der Waals surface area (Å²) in [6, 6.07) is 7.81. The standard InChI is InChI=1S/C30H31F2N5O5/c1-4-41-28(38)30(7-8-30)24-6-10-37(34-24)19-14-21(31)26(22(32)15-19)27-23(36-9-5-18(2)13-25(36)33-27)16-20-17-35(11-12-42-20)29(39)40-3/h5-6,9-10,13-15,20H,4,7-8,11-12,16-17H2,1-3H3/t20-/m0/s1. The van der Waals surface area contributed by atoms with Gasteiger partial charge in [0.25, 0.3) is 0 Å². The molecule has 2 aliphatic rings. The molecule has 2 fully saturated rings. The van der Waals surface area contributed by atoms with E-state index in [4.69, 9.17) is 14.2 Å². The second-order valence-corrected chi connectivity index (χ2v) is 10.7. The topological polar surface area (TPSA) is 100 Å². The van der Waals surface area contributed by atoms with Crippen molar-refractivity contribution in [3.8, 4) is 16.9 Å². The molecule has 3 aromatic heterocycles. The van der Waals surface area contributed by atoms with Gasteiger partial charge in [0.2, 0.25) is 0 Å². The quantitative estimate of drug-likeness (QED) is 0.300. The number of carbonyl (C=O) groups is 2. The molecule has 0 bridgehead atoms. The minimum atomic E-state index is -0.810. The number of halogens is 2. The summed E-state index contributed by atoms with van der Waals surface area (Å²) in [5, 5.41) is 4.47. The number of aryl methyl sites for hydroxylation is 1. The summed E-state index contributed by atoms with van der Waals surface area (Å²) in [6.45, 7) is 4.89. The third-order valence-electron chi connectivity index (χ3n) is 7.90. The minimum Gasteiger partial charge on any atom is -0.465 e. The third kappa shape index (κ3) is 4.89. The van der Waals surface area contributed by atoms with Crippen LogP contribution in [0.2, 0.25) is 0 Å². The average Bonchev–Trinajstić information content (AvgIpc) is 3.51. The van der Waals surface area contributed by atoms with E-state index in [2.05, 4.69) is 10.1 Å². The molecule has 1 aliphatic carbocycles. The summed E-state index contributed by atoms with van der Waals surface area (Å²) in [7, 11) is 1.32. The Morgan fingerprint density at radius 1 is 1.14 bits per heavy atom. The molecule has 1 aromatic carbocycles. The van der Waals surface area contributed by atoms with Crippen LogP contribution in [0, 0.1) is 18.6 Å². The number of pyridine rings is 1. The van der Waals surface area contributed by atoms with Crippen molar-refractivity contribution in [1.82, 2.24) is 24.1 Å². The van der Waals surface area contributed by atoms with Gasteiger partial charge in [-0.05, 0) is 50.5 Å². The van der Waals surface area contributed by atoms with Crippen molar-refractivity contribution >= 4 is 17.7 Å². The summed E-state index contributed by atoms with van der Waals surface area (Å²) in [6.07, 6.45) is 3.98. The van der Waals surface area contributed by atoms with Gasteiger partial charge in [0.05, 0.1) is 61.3 Å². The predicted octanol–water partition coefficient (Wildman–Crippen LogP) is 4.38. The largest absolute Gasteiger partial charge is 0.465 e. The van der Waals surface area contributed by atoms with Crippen LogP contribution in [0.1, 0.15) is 36.7 Å². The van der Waals surface area contributed by atoms with E-state index in [-0.39, 0.29) is 42.5 Å². The van der Waals surface area contributed by atoms with Crippen molar-refractivity contribution in [1.29, 1.82) is 0 Å². The number of rotatable bonds is 7. The third-order valence-corrected chi connectivity index (χ3v) is 7.90. The molecule has 1 saturated heterocycles. The van der Waals surface area contributed by atoms with Gasteiger partial charge in [-0.25, -0.2) is 23.2 Å². The van der Waals surface area contributed by atoms with Crippen molar-refractivity contribution in [2.75, 3.05) is 33.4 Å². The molecule has 220 valence electrons. The second-order valence-electron chi connectivity index (χ2n) is 10.7. The van der Waals surface area contributed by atoms with Gasteiger partial charge in [-0.3, -0.25) is 4.79 Å². The molecular weight excluding hydrogens is 548 g/mol. The Labute approximate surface area is 240 Å². The van der Waals surface area contributed by atoms with Gasteiger partial charge in [-0.15, -0.1) is 0 Å². The molecule has 1 saturated carbocycles. The highest BCUT2D eigenvalue weighted by Crippen LogP contribution is 2.48. The number of methoxy groups -OCH3 is 1. The fourth-order valence-electron chi connectivity index (χ4n) is 5.55. The van der Waals surface area contributed by atoms with Crippen LogP contribution < -0.4 is 0 Å². The van der Waals surface area contributed by atoms with Crippen molar-refractivity contribution in [2.24, 2.45) is 0 Å². The van der Waals surface area contributed by atoms with E-state index < -0.39 is 29.2 Å². The van der Waals surface area contributed by atoms with E-state index >= 15 is 8.78 Å². The number of morpholine rings is 1. The summed E-state index contributed by atoms with van der Waals surface area (Å²) < 4.78 is 50.8. The first-order chi connectivity index (χ1) is 20.2. The maximum atomic E-state index is 15.8. The zero-order valence-corrected chi connectivity index (χ0v) is 23.6. The Balaban J connectivity index is 1.36. The number of benzene rings is 1. The summed E-state index contributed by atoms with van der Waals surface area (Å²) >= 11 is 0. The number of esters is 1. The van der Waals surface area contributed by atoms with Crippen LogP contribution in [0.5, 0.6) is 0 Å². The summed E-state index contributed by atoms with van der Waals surface area (Å²) in [5.74, 6) is -1.96. The highest BCUT2D eigenvalue weighted by Gasteiger charge is 2.54. The van der Waals surface area contributed by atoms with Crippen molar-refractivity contribution in [3.63, 3.8) is 0 Å². The molecule has 1 amide bonds. The first-order valence-electron chi connectivity index (χ1n) is 13.9. The lowest BCUT2D eigenvalue weighted by Crippen LogP contribution is -2.46. The number of aromatic nitrogens is 4. The van der Waals surface area contributed by atoms with Crippen LogP contribution in [-0.2, 0) is 30.8 Å². The maximum Gasteiger partial charge on any atom is 0.409 e. The molecule has 0 unspecified atom stereocenters. The molecule has 12 heteroatoms. The van der Waals surface area contributed by atoms with Gasteiger partial charge < -0.3 is 23.5 Å². The normalized spacial score (nSPS) is 17.8. The first kappa shape index (κ1) is 27.8. The second kappa shape index (κ2) is 10.8. The Kier molecular flexibility index (Phi) is 7.17. The van der Waals surface area contributed by atoms with Gasteiger partial charge in [-0.1, -0.05) is 0 Å². The summed E-state index contributed by atoms with van der Waals surface area (Å²) in [5.41, 5.74) is 1.80. The lowest BCUT2D eigenvalue weighted by molar-refractivity contribution is -0.146. The predicted molar refractivity (Wildman–Crippen MR) is 147 cm³/mol. The van der Waals surface area contributed by atoms with Gasteiger partial charge in [0.1, 0.15) is 22.7 Å². The van der Waals surface area contributed by atoms with Crippen molar-refractivity contribution in [3.05, 3.63) is 71.3 Å². The molecule has 1 atom stereocenters. The Morgan fingerprint density at radius 3 is 2.60 bits per heavy atom. The molecule has 0 spiro atoms. The summed E-state index contributed by atoms with van der Waals surface area (Å²) in [4.78, 5) is 30.8. The molecule has 1 aliphatic heterocycles. The lowest BCUT2D eigenvalue weighted by Gasteiger charge is -2.32. The van der Waals surface area contributed by atoms with E-state index in [1.165, 1.54) is 23.9 Å². The fourth-order valence-corrected chi connectivity index (χ4v) is 5.55. The van der Waals surface area contributed by atoms with Crippen molar-refractivity contribution < 1.29 is 32.6 Å². The Bertz CT molecular complexity index is 1650. The van der Waals surface area contributed by atoms with E-state index in [9.17, 15) is 9.59 Å². The molecule has 4 aromatic rings. The molecule has 0 radical (unpaired) electrons. The zero-order chi connectivity index (χ0) is 29.6. The number of fused-ring (bicyclic) bond motifs is 1. The minimum absolute atomic E-state index is 0.154. The lowest BCUT2D eigenvalue weighted by atomic mass is 10.0. The molecular formula is C30H31F2N5O5. The van der Waals surface area contributed by atoms with E-state index in [0.717, 1.165) is 5.56 Å². The molecule has 6 rings (SSSR count). The number of imidazole rings is 1. The van der Waals surface area contributed by atoms with Gasteiger partial charge >= 0.3 is 12.1 Å². The number of ether oxygens (including phenoxy) is 3. The van der Waals surface area contributed by atoms with Gasteiger partial charge in [0, 0.05) is 37.5 Å². The number of hydrogen-bond acceptors (Lipinski definition) is 7. The van der Waals surface area contributed by atoms with Crippen LogP contribution in [0.25, 0.3) is 22.6 Å². The number of amides is 1. The first-order valence-corrected chi connectivity index (χ1v) is 13.9. The smallest absolute Gasteiger partial charge is 0.409 e. The van der Waals surface area contributed by atoms with Crippen LogP contribution in [0.3, 0.4) is 0 Å². The van der Waals surface area contributed by atoms with E-state index in [0.29, 0.717) is 43.0 Å². The van der Waals surface area contributed by atoms with E-state index in [1.54, 1.807) is 28.5 Å². The molecule has 10 nitrogen and oxygen atoms in total. The van der Waals surface area contributed by atoms with Crippen LogP contribution >= 0.6 is 0 Å². The zero-order valence-electron chi connectivity index (χ0n) is 23.6. The molecule has 42 heavy (non-hydrogen) atoms. The van der Waals surface area contributed by atoms with Crippen molar-refractivity contribution in [2.45, 2.75) is 44.6 Å².